The summed E-state index contributed by atoms with van der Waals surface area (Å²) < 4.78 is 10.6. The van der Waals surface area contributed by atoms with Crippen LogP contribution < -0.4 is 20.1 Å². The smallest absolute Gasteiger partial charge is 0.353 e. The molecule has 1 aromatic heterocycles. The van der Waals surface area contributed by atoms with Gasteiger partial charge in [-0.3, -0.25) is 10.1 Å². The molecular formula is C23H17N7O4. The van der Waals surface area contributed by atoms with Crippen LogP contribution in [0.25, 0.3) is 0 Å². The number of nitrogens with zero attached hydrogens (tertiary/aromatic N) is 5. The molecule has 0 bridgehead atoms. The van der Waals surface area contributed by atoms with Gasteiger partial charge in [-0.05, 0) is 48.5 Å². The van der Waals surface area contributed by atoms with E-state index >= 15 is 0 Å². The van der Waals surface area contributed by atoms with E-state index in [0.29, 0.717) is 28.6 Å². The summed E-state index contributed by atoms with van der Waals surface area (Å²) in [6.07, 6.45) is 1.24. The molecule has 2 heterocycles. The molecule has 0 amide bonds. The monoisotopic (exact) mass is 455 g/mol. The number of hydrogen-bond donors (Lipinski definition) is 2. The van der Waals surface area contributed by atoms with Gasteiger partial charge >= 0.3 is 5.69 Å². The number of aromatic nitrogens is 2. The summed E-state index contributed by atoms with van der Waals surface area (Å²) in [6, 6.07) is 21.4. The fraction of sp³-hybridized carbons (Fsp3) is 0.0435. The highest BCUT2D eigenvalue weighted by atomic mass is 16.7. The highest BCUT2D eigenvalue weighted by Crippen LogP contribution is 2.37. The molecule has 11 nitrogen and oxygen atoms in total. The lowest BCUT2D eigenvalue weighted by atomic mass is 10.2. The molecule has 0 saturated heterocycles. The number of azo groups is 1. The zero-order valence-electron chi connectivity index (χ0n) is 17.6. The predicted molar refractivity (Wildman–Crippen MR) is 125 cm³/mol. The van der Waals surface area contributed by atoms with Gasteiger partial charge in [0, 0.05) is 17.4 Å². The molecule has 0 saturated carbocycles. The van der Waals surface area contributed by atoms with Gasteiger partial charge in [0.05, 0.1) is 16.3 Å². The van der Waals surface area contributed by atoms with Gasteiger partial charge in [0.2, 0.25) is 18.4 Å². The Hall–Kier alpha value is -5.06. The molecule has 5 rings (SSSR count). The maximum absolute atomic E-state index is 11.9. The van der Waals surface area contributed by atoms with Gasteiger partial charge in [0.25, 0.3) is 0 Å². The lowest BCUT2D eigenvalue weighted by Gasteiger charge is -2.10. The highest BCUT2D eigenvalue weighted by molar-refractivity contribution is 5.77. The summed E-state index contributed by atoms with van der Waals surface area (Å²) in [4.78, 5) is 19.4. The van der Waals surface area contributed by atoms with Gasteiger partial charge in [0.1, 0.15) is 6.33 Å². The minimum absolute atomic E-state index is 0.0367. The number of benzene rings is 3. The molecule has 0 radical (unpaired) electrons. The Morgan fingerprint density at radius 1 is 0.794 bits per heavy atom. The Balaban J connectivity index is 1.35. The Kier molecular flexibility index (Phi) is 5.64. The minimum atomic E-state index is -0.542. The van der Waals surface area contributed by atoms with Crippen LogP contribution in [0.2, 0.25) is 0 Å². The molecule has 1 aliphatic heterocycles. The molecule has 1 aliphatic rings. The molecule has 2 N–H and O–H groups in total. The summed E-state index contributed by atoms with van der Waals surface area (Å²) in [5, 5.41) is 26.1. The number of anilines is 4. The average Bonchev–Trinajstić information content (AvgIpc) is 3.32. The number of nitrogens with one attached hydrogen (secondary N) is 2. The van der Waals surface area contributed by atoms with E-state index < -0.39 is 4.92 Å². The number of hydrogen-bond acceptors (Lipinski definition) is 10. The summed E-state index contributed by atoms with van der Waals surface area (Å²) in [7, 11) is 0. The summed E-state index contributed by atoms with van der Waals surface area (Å²) in [5.41, 5.74) is 2.23. The van der Waals surface area contributed by atoms with Crippen molar-refractivity contribution < 1.29 is 14.4 Å². The van der Waals surface area contributed by atoms with Crippen LogP contribution in [0.15, 0.2) is 89.4 Å². The fourth-order valence-electron chi connectivity index (χ4n) is 3.20. The van der Waals surface area contributed by atoms with Crippen LogP contribution in [-0.2, 0) is 0 Å². The Labute approximate surface area is 193 Å². The molecule has 0 aliphatic carbocycles. The van der Waals surface area contributed by atoms with E-state index in [9.17, 15) is 10.1 Å². The van der Waals surface area contributed by atoms with Crippen molar-refractivity contribution in [2.75, 3.05) is 17.4 Å². The minimum Gasteiger partial charge on any atom is -0.454 e. The second-order valence-electron chi connectivity index (χ2n) is 7.08. The standard InChI is InChI=1S/C23H17N7O4/c31-30(32)21-22(24-13-25-23(21)27-18-10-11-19-20(12-18)34-14-33-19)26-15-6-8-17(9-7-15)29-28-16-4-2-1-3-5-16/h1-13H,14H2,(H2,24,25,26,27). The SMILES string of the molecule is O=[N+]([O-])c1c(Nc2ccc(N=Nc3ccccc3)cc2)ncnc1Nc1ccc2c(c1)OCO2. The lowest BCUT2D eigenvalue weighted by Crippen LogP contribution is -2.05. The van der Waals surface area contributed by atoms with E-state index in [2.05, 4.69) is 30.8 Å². The first kappa shape index (κ1) is 20.8. The molecule has 34 heavy (non-hydrogen) atoms. The average molecular weight is 455 g/mol. The third-order valence-electron chi connectivity index (χ3n) is 4.81. The lowest BCUT2D eigenvalue weighted by molar-refractivity contribution is -0.383. The van der Waals surface area contributed by atoms with Crippen molar-refractivity contribution in [1.29, 1.82) is 0 Å². The normalized spacial score (nSPS) is 12.0. The Bertz CT molecular complexity index is 1360. The van der Waals surface area contributed by atoms with Crippen LogP contribution in [0.5, 0.6) is 11.5 Å². The van der Waals surface area contributed by atoms with Gasteiger partial charge in [-0.1, -0.05) is 18.2 Å². The number of rotatable bonds is 7. The van der Waals surface area contributed by atoms with Crippen LogP contribution in [0.3, 0.4) is 0 Å². The molecule has 0 atom stereocenters. The molecule has 0 fully saturated rings. The largest absolute Gasteiger partial charge is 0.454 e. The van der Waals surface area contributed by atoms with Gasteiger partial charge in [-0.2, -0.15) is 10.2 Å². The zero-order chi connectivity index (χ0) is 23.3. The first-order valence-electron chi connectivity index (χ1n) is 10.2. The van der Waals surface area contributed by atoms with Crippen LogP contribution in [-0.4, -0.2) is 21.7 Å². The molecule has 168 valence electrons. The van der Waals surface area contributed by atoms with Crippen molar-refractivity contribution in [3.05, 3.63) is 89.2 Å². The zero-order valence-corrected chi connectivity index (χ0v) is 17.6. The molecule has 11 heteroatoms. The van der Waals surface area contributed by atoms with Crippen LogP contribution in [0.4, 0.5) is 40.1 Å². The van der Waals surface area contributed by atoms with E-state index in [4.69, 9.17) is 9.47 Å². The molecular weight excluding hydrogens is 438 g/mol. The fourth-order valence-corrected chi connectivity index (χ4v) is 3.20. The van der Waals surface area contributed by atoms with E-state index in [-0.39, 0.29) is 24.1 Å². The summed E-state index contributed by atoms with van der Waals surface area (Å²) >= 11 is 0. The van der Waals surface area contributed by atoms with E-state index in [1.807, 2.05) is 30.3 Å². The van der Waals surface area contributed by atoms with Crippen molar-refractivity contribution in [2.24, 2.45) is 10.2 Å². The summed E-state index contributed by atoms with van der Waals surface area (Å²) in [5.74, 6) is 1.23. The first-order valence-corrected chi connectivity index (χ1v) is 10.2. The van der Waals surface area contributed by atoms with Crippen LogP contribution >= 0.6 is 0 Å². The number of ether oxygens (including phenoxy) is 2. The maximum atomic E-state index is 11.9. The maximum Gasteiger partial charge on any atom is 0.353 e. The molecule has 3 aromatic carbocycles. The second-order valence-corrected chi connectivity index (χ2v) is 7.08. The van der Waals surface area contributed by atoms with Gasteiger partial charge < -0.3 is 20.1 Å². The predicted octanol–water partition coefficient (Wildman–Crippen LogP) is 6.02. The van der Waals surface area contributed by atoms with E-state index in [1.54, 1.807) is 42.5 Å². The third-order valence-corrected chi connectivity index (χ3v) is 4.81. The van der Waals surface area contributed by atoms with Gasteiger partial charge in [-0.15, -0.1) is 0 Å². The number of nitro groups is 1. The van der Waals surface area contributed by atoms with Crippen molar-refractivity contribution in [3.63, 3.8) is 0 Å². The van der Waals surface area contributed by atoms with Crippen molar-refractivity contribution in [2.45, 2.75) is 0 Å². The Morgan fingerprint density at radius 3 is 2.12 bits per heavy atom. The third kappa shape index (κ3) is 4.58. The topological polar surface area (TPSA) is 136 Å². The Morgan fingerprint density at radius 2 is 1.41 bits per heavy atom. The van der Waals surface area contributed by atoms with Crippen LogP contribution in [0.1, 0.15) is 0 Å². The van der Waals surface area contributed by atoms with E-state index in [0.717, 1.165) is 5.69 Å². The van der Waals surface area contributed by atoms with Crippen molar-refractivity contribution >= 4 is 40.1 Å². The van der Waals surface area contributed by atoms with Crippen molar-refractivity contribution in [1.82, 2.24) is 9.97 Å². The summed E-state index contributed by atoms with van der Waals surface area (Å²) in [6.45, 7) is 0.132. The molecule has 0 spiro atoms. The second kappa shape index (κ2) is 9.20. The quantitative estimate of drug-likeness (QED) is 0.196. The molecule has 0 unspecified atom stereocenters. The van der Waals surface area contributed by atoms with Gasteiger partial charge in [0.15, 0.2) is 11.5 Å². The van der Waals surface area contributed by atoms with Crippen molar-refractivity contribution in [3.8, 4) is 11.5 Å². The first-order chi connectivity index (χ1) is 16.7. The van der Waals surface area contributed by atoms with Gasteiger partial charge in [-0.25, -0.2) is 9.97 Å². The number of fused-ring (bicyclic) bond motifs is 1. The molecule has 4 aromatic rings. The van der Waals surface area contributed by atoms with E-state index in [1.165, 1.54) is 6.33 Å². The highest BCUT2D eigenvalue weighted by Gasteiger charge is 2.24. The van der Waals surface area contributed by atoms with Crippen LogP contribution in [0, 0.1) is 10.1 Å².